The molecule has 2 amide bonds. The van der Waals surface area contributed by atoms with Crippen LogP contribution in [0.4, 0.5) is 5.69 Å². The number of H-pyrrole nitrogens is 1. The van der Waals surface area contributed by atoms with Crippen LogP contribution in [0, 0.1) is 0 Å². The molecule has 3 aromatic carbocycles. The van der Waals surface area contributed by atoms with Crippen molar-refractivity contribution in [1.29, 1.82) is 0 Å². The van der Waals surface area contributed by atoms with Gasteiger partial charge >= 0.3 is 0 Å². The first kappa shape index (κ1) is 32.7. The summed E-state index contributed by atoms with van der Waals surface area (Å²) in [7, 11) is 6.33. The van der Waals surface area contributed by atoms with Crippen LogP contribution < -0.4 is 40.3 Å². The number of rotatable bonds is 9. The minimum Gasteiger partial charge on any atom is -0.497 e. The van der Waals surface area contributed by atoms with E-state index in [0.717, 1.165) is 52.7 Å². The quantitative estimate of drug-likeness (QED) is 0.190. The molecule has 0 bridgehead atoms. The first-order valence-electron chi connectivity index (χ1n) is 16.2. The summed E-state index contributed by atoms with van der Waals surface area (Å²) in [5.41, 5.74) is 6.21. The maximum absolute atomic E-state index is 13.8. The lowest BCUT2D eigenvalue weighted by atomic mass is 9.91. The molecular weight excluding hydrogens is 612 g/mol. The van der Waals surface area contributed by atoms with Gasteiger partial charge in [0.2, 0.25) is 23.0 Å². The summed E-state index contributed by atoms with van der Waals surface area (Å²) in [6, 6.07) is 11.6. The number of amides is 2. The molecule has 1 heterocycles. The molecule has 3 atom stereocenters. The van der Waals surface area contributed by atoms with E-state index in [-0.39, 0.29) is 29.0 Å². The van der Waals surface area contributed by atoms with Crippen LogP contribution in [0.3, 0.4) is 0 Å². The van der Waals surface area contributed by atoms with E-state index in [1.54, 1.807) is 47.5 Å². The fraction of sp³-hybridized carbons (Fsp3) is 0.378. The van der Waals surface area contributed by atoms with Gasteiger partial charge in [-0.25, -0.2) is 0 Å². The molecule has 6 rings (SSSR count). The van der Waals surface area contributed by atoms with Crippen molar-refractivity contribution in [3.8, 4) is 34.1 Å². The third kappa shape index (κ3) is 6.00. The Morgan fingerprint density at radius 1 is 0.875 bits per heavy atom. The summed E-state index contributed by atoms with van der Waals surface area (Å²) in [5, 5.41) is 10.5. The number of anilines is 1. The van der Waals surface area contributed by atoms with Crippen LogP contribution in [-0.4, -0.2) is 51.3 Å². The van der Waals surface area contributed by atoms with Crippen molar-refractivity contribution in [3.63, 3.8) is 0 Å². The number of aryl methyl sites for hydroxylation is 2. The third-order valence-electron chi connectivity index (χ3n) is 9.41. The van der Waals surface area contributed by atoms with Crippen LogP contribution in [0.15, 0.2) is 47.3 Å². The topological polar surface area (TPSA) is 140 Å². The molecule has 0 spiro atoms. The molecular formula is C37H42N4O7. The molecule has 0 fully saturated rings. The molecule has 48 heavy (non-hydrogen) atoms. The average molecular weight is 655 g/mol. The second-order valence-electron chi connectivity index (χ2n) is 12.3. The molecule has 0 saturated heterocycles. The Kier molecular flexibility index (Phi) is 9.21. The monoisotopic (exact) mass is 654 g/mol. The number of nitrogens with one attached hydrogen (secondary N) is 4. The van der Waals surface area contributed by atoms with E-state index >= 15 is 0 Å². The summed E-state index contributed by atoms with van der Waals surface area (Å²) in [6.45, 7) is 3.20. The highest BCUT2D eigenvalue weighted by atomic mass is 16.5. The summed E-state index contributed by atoms with van der Waals surface area (Å²) in [4.78, 5) is 43.2. The van der Waals surface area contributed by atoms with Gasteiger partial charge < -0.3 is 39.9 Å². The van der Waals surface area contributed by atoms with Gasteiger partial charge in [0.25, 0.3) is 0 Å². The van der Waals surface area contributed by atoms with E-state index in [2.05, 4.69) is 20.9 Å². The van der Waals surface area contributed by atoms with Crippen LogP contribution in [0.1, 0.15) is 67.6 Å². The lowest BCUT2D eigenvalue weighted by Crippen LogP contribution is -2.41. The Labute approximate surface area is 279 Å². The SMILES string of the molecule is COc1ccc2[nH]c3c(c2c1)CCC[C@H]3NC(=O)[C@H](C)Nc1ccc2c(cc1=O)[C@@H](NC(C)=O)CCc1cc(OC)c(OC)c(OC)c1-2. The highest BCUT2D eigenvalue weighted by Gasteiger charge is 2.31. The molecule has 11 heteroatoms. The molecule has 0 saturated carbocycles. The smallest absolute Gasteiger partial charge is 0.242 e. The van der Waals surface area contributed by atoms with Gasteiger partial charge in [-0.2, -0.15) is 0 Å². The second kappa shape index (κ2) is 13.5. The standard InChI is InChI=1S/C37H42N4O7/c1-19(37(44)41-30-9-7-8-24-25-17-22(45-3)11-14-28(25)40-34(24)30)38-29-15-12-23-26(18-31(29)43)27(39-20(2)42)13-10-21-16-32(46-4)35(47-5)36(48-6)33(21)23/h11-12,14-19,27,30,40H,7-10,13H2,1-6H3,(H,38,43)(H,39,42)(H,41,44)/t19-,27-,30+/m0/s1. The average Bonchev–Trinajstić information content (AvgIpc) is 3.31. The number of fused-ring (bicyclic) bond motifs is 6. The van der Waals surface area contributed by atoms with Crippen molar-refractivity contribution >= 4 is 28.4 Å². The third-order valence-corrected chi connectivity index (χ3v) is 9.41. The predicted molar refractivity (Wildman–Crippen MR) is 184 cm³/mol. The Balaban J connectivity index is 1.33. The van der Waals surface area contributed by atoms with Gasteiger partial charge in [-0.1, -0.05) is 6.07 Å². The molecule has 1 aromatic heterocycles. The predicted octanol–water partition coefficient (Wildman–Crippen LogP) is 5.35. The second-order valence-corrected chi connectivity index (χ2v) is 12.3. The zero-order chi connectivity index (χ0) is 34.1. The molecule has 2 aliphatic carbocycles. The minimum absolute atomic E-state index is 0.187. The molecule has 4 N–H and O–H groups in total. The van der Waals surface area contributed by atoms with Gasteiger partial charge in [-0.05, 0) is 97.7 Å². The summed E-state index contributed by atoms with van der Waals surface area (Å²) in [5.74, 6) is 1.79. The number of carbonyl (C=O) groups is 2. The highest BCUT2D eigenvalue weighted by molar-refractivity contribution is 5.88. The number of carbonyl (C=O) groups excluding carboxylic acids is 2. The normalized spacial score (nSPS) is 17.1. The fourth-order valence-electron chi connectivity index (χ4n) is 7.14. The lowest BCUT2D eigenvalue weighted by Gasteiger charge is -2.25. The van der Waals surface area contributed by atoms with Crippen LogP contribution in [0.2, 0.25) is 0 Å². The van der Waals surface area contributed by atoms with Gasteiger partial charge in [0, 0.05) is 29.1 Å². The molecule has 252 valence electrons. The maximum Gasteiger partial charge on any atom is 0.242 e. The molecule has 0 aliphatic heterocycles. The van der Waals surface area contributed by atoms with Crippen molar-refractivity contribution < 1.29 is 28.5 Å². The fourth-order valence-corrected chi connectivity index (χ4v) is 7.14. The summed E-state index contributed by atoms with van der Waals surface area (Å²) >= 11 is 0. The van der Waals surface area contributed by atoms with Crippen LogP contribution >= 0.6 is 0 Å². The summed E-state index contributed by atoms with van der Waals surface area (Å²) in [6.07, 6.45) is 3.80. The Bertz CT molecular complexity index is 1950. The van der Waals surface area contributed by atoms with E-state index < -0.39 is 12.1 Å². The van der Waals surface area contributed by atoms with E-state index in [1.165, 1.54) is 12.5 Å². The maximum atomic E-state index is 13.8. The van der Waals surface area contributed by atoms with Gasteiger partial charge in [0.1, 0.15) is 11.8 Å². The largest absolute Gasteiger partial charge is 0.497 e. The molecule has 11 nitrogen and oxygen atoms in total. The first-order chi connectivity index (χ1) is 23.2. The van der Waals surface area contributed by atoms with E-state index in [0.29, 0.717) is 41.2 Å². The van der Waals surface area contributed by atoms with Crippen molar-refractivity contribution in [1.82, 2.24) is 15.6 Å². The first-order valence-corrected chi connectivity index (χ1v) is 16.2. The number of aromatic nitrogens is 1. The van der Waals surface area contributed by atoms with Gasteiger partial charge in [-0.15, -0.1) is 0 Å². The summed E-state index contributed by atoms with van der Waals surface area (Å²) < 4.78 is 22.6. The van der Waals surface area contributed by atoms with Crippen molar-refractivity contribution in [3.05, 3.63) is 75.1 Å². The van der Waals surface area contributed by atoms with E-state index in [4.69, 9.17) is 18.9 Å². The Morgan fingerprint density at radius 2 is 1.67 bits per heavy atom. The van der Waals surface area contributed by atoms with Crippen LogP contribution in [-0.2, 0) is 22.4 Å². The highest BCUT2D eigenvalue weighted by Crippen LogP contribution is 2.50. The molecule has 0 radical (unpaired) electrons. The van der Waals surface area contributed by atoms with Gasteiger partial charge in [-0.3, -0.25) is 14.4 Å². The van der Waals surface area contributed by atoms with Crippen LogP contribution in [0.25, 0.3) is 22.0 Å². The Morgan fingerprint density at radius 3 is 2.38 bits per heavy atom. The molecule has 0 unspecified atom stereocenters. The molecule has 2 aliphatic rings. The lowest BCUT2D eigenvalue weighted by molar-refractivity contribution is -0.122. The zero-order valence-corrected chi connectivity index (χ0v) is 28.2. The number of hydrogen-bond acceptors (Lipinski definition) is 8. The number of benzene rings is 2. The van der Waals surface area contributed by atoms with E-state index in [9.17, 15) is 14.4 Å². The molecule has 4 aromatic rings. The number of aromatic amines is 1. The number of ether oxygens (including phenoxy) is 4. The minimum atomic E-state index is -0.716. The number of methoxy groups -OCH3 is 4. The van der Waals surface area contributed by atoms with Crippen molar-refractivity contribution in [2.45, 2.75) is 64.1 Å². The number of hydrogen-bond donors (Lipinski definition) is 4. The van der Waals surface area contributed by atoms with Gasteiger partial charge in [0.05, 0.1) is 46.2 Å². The van der Waals surface area contributed by atoms with E-state index in [1.807, 2.05) is 30.3 Å². The zero-order valence-electron chi connectivity index (χ0n) is 28.2. The van der Waals surface area contributed by atoms with Gasteiger partial charge in [0.15, 0.2) is 11.5 Å². The van der Waals surface area contributed by atoms with Crippen molar-refractivity contribution in [2.75, 3.05) is 33.8 Å². The Hall–Kier alpha value is -5.19. The van der Waals surface area contributed by atoms with Crippen molar-refractivity contribution in [2.24, 2.45) is 0 Å². The van der Waals surface area contributed by atoms with Crippen LogP contribution in [0.5, 0.6) is 23.0 Å².